The third-order valence-corrected chi connectivity index (χ3v) is 11.1. The molecule has 1 spiro atoms. The van der Waals surface area contributed by atoms with Crippen molar-refractivity contribution in [3.63, 3.8) is 0 Å². The van der Waals surface area contributed by atoms with Gasteiger partial charge in [-0.2, -0.15) is 5.10 Å². The molecule has 3 atom stereocenters. The summed E-state index contributed by atoms with van der Waals surface area (Å²) in [6.45, 7) is 6.10. The van der Waals surface area contributed by atoms with Crippen molar-refractivity contribution >= 4 is 34.0 Å². The molecule has 2 saturated heterocycles. The van der Waals surface area contributed by atoms with Crippen LogP contribution < -0.4 is 20.9 Å². The molecule has 0 bridgehead atoms. The lowest BCUT2D eigenvalue weighted by Gasteiger charge is -2.42. The van der Waals surface area contributed by atoms with Crippen LogP contribution in [0.3, 0.4) is 0 Å². The smallest absolute Gasteiger partial charge is 0.258 e. The number of hydrogen-bond donors (Lipinski definition) is 6. The number of amides is 1. The van der Waals surface area contributed by atoms with Gasteiger partial charge in [-0.05, 0) is 112 Å². The number of fused-ring (bicyclic) bond motifs is 1. The number of benzene rings is 3. The molecule has 6 N–H and O–H groups in total. The Kier molecular flexibility index (Phi) is 9.80. The van der Waals surface area contributed by atoms with Gasteiger partial charge in [0.1, 0.15) is 11.6 Å². The van der Waals surface area contributed by atoms with Crippen LogP contribution in [0.15, 0.2) is 54.6 Å². The van der Waals surface area contributed by atoms with Crippen molar-refractivity contribution in [1.82, 2.24) is 15.5 Å². The predicted octanol–water partition coefficient (Wildman–Crippen LogP) is 5.36. The van der Waals surface area contributed by atoms with Gasteiger partial charge >= 0.3 is 0 Å². The molecule has 3 aromatic carbocycles. The summed E-state index contributed by atoms with van der Waals surface area (Å²) in [7, 11) is 0. The van der Waals surface area contributed by atoms with Crippen molar-refractivity contribution in [2.45, 2.75) is 69.6 Å². The number of ether oxygens (including phenoxy) is 1. The molecule has 50 heavy (non-hydrogen) atoms. The molecule has 1 aliphatic carbocycles. The zero-order chi connectivity index (χ0) is 34.9. The maximum atomic E-state index is 13.9. The minimum Gasteiger partial charge on any atom is -0.392 e. The number of aromatic nitrogens is 2. The van der Waals surface area contributed by atoms with Gasteiger partial charge in [0.2, 0.25) is 0 Å². The van der Waals surface area contributed by atoms with Gasteiger partial charge in [0.05, 0.1) is 22.8 Å². The van der Waals surface area contributed by atoms with E-state index in [1.165, 1.54) is 12.1 Å². The first-order valence-electron chi connectivity index (χ1n) is 17.7. The Labute approximate surface area is 290 Å². The van der Waals surface area contributed by atoms with Crippen molar-refractivity contribution in [3.8, 4) is 0 Å². The number of aliphatic hydroxyl groups is 2. The molecular formula is C38H46F2N6O4. The van der Waals surface area contributed by atoms with Crippen molar-refractivity contribution in [1.29, 1.82) is 0 Å². The summed E-state index contributed by atoms with van der Waals surface area (Å²) in [5.41, 5.74) is 2.67. The van der Waals surface area contributed by atoms with E-state index >= 15 is 0 Å². The molecule has 1 saturated carbocycles. The minimum atomic E-state index is -0.952. The van der Waals surface area contributed by atoms with Crippen molar-refractivity contribution in [2.24, 2.45) is 5.41 Å². The van der Waals surface area contributed by atoms with Gasteiger partial charge in [-0.1, -0.05) is 6.07 Å². The maximum absolute atomic E-state index is 13.9. The van der Waals surface area contributed by atoms with Crippen molar-refractivity contribution in [2.75, 3.05) is 54.9 Å². The standard InChI is InChI=1S/C38H46F2N6O4/c1-2-46(14-12-38(49)10-7-34(47)37(38)11-13-41-23-37)29-4-5-30(33(22-29)42-28-8-15-50-16-9-28)36(48)43-35-31-20-24(3-6-32(31)44-45-35)17-25-18-26(39)21-27(40)19-25/h3-6,18-22,28,34,41-42,47,49H,2,7-17,23H2,1H3,(H2,43,44,45,48). The Morgan fingerprint density at radius 1 is 1.04 bits per heavy atom. The summed E-state index contributed by atoms with van der Waals surface area (Å²) in [6, 6.07) is 14.9. The molecule has 3 unspecified atom stereocenters. The Morgan fingerprint density at radius 2 is 1.84 bits per heavy atom. The fraction of sp³-hybridized carbons (Fsp3) is 0.474. The van der Waals surface area contributed by atoms with Gasteiger partial charge in [0.25, 0.3) is 5.91 Å². The van der Waals surface area contributed by atoms with E-state index in [1.807, 2.05) is 36.4 Å². The summed E-state index contributed by atoms with van der Waals surface area (Å²) < 4.78 is 33.2. The zero-order valence-corrected chi connectivity index (χ0v) is 28.4. The number of carbonyl (C=O) groups is 1. The first kappa shape index (κ1) is 34.4. The lowest BCUT2D eigenvalue weighted by molar-refractivity contribution is -0.0938. The lowest BCUT2D eigenvalue weighted by Crippen LogP contribution is -2.52. The zero-order valence-electron chi connectivity index (χ0n) is 28.4. The van der Waals surface area contributed by atoms with Gasteiger partial charge in [0, 0.05) is 67.1 Å². The van der Waals surface area contributed by atoms with E-state index in [0.717, 1.165) is 48.6 Å². The highest BCUT2D eigenvalue weighted by Crippen LogP contribution is 2.52. The molecule has 1 aromatic heterocycles. The Hall–Kier alpha value is -4.10. The third kappa shape index (κ3) is 6.81. The Morgan fingerprint density at radius 3 is 2.58 bits per heavy atom. The molecule has 4 aromatic rings. The second-order valence-corrected chi connectivity index (χ2v) is 14.1. The molecule has 0 radical (unpaired) electrons. The largest absolute Gasteiger partial charge is 0.392 e. The third-order valence-electron chi connectivity index (χ3n) is 11.1. The predicted molar refractivity (Wildman–Crippen MR) is 190 cm³/mol. The normalized spacial score (nSPS) is 23.9. The maximum Gasteiger partial charge on any atom is 0.258 e. The van der Waals surface area contributed by atoms with Gasteiger partial charge in [-0.3, -0.25) is 9.89 Å². The SMILES string of the molecule is CCN(CCC1(O)CCC(O)C12CCNC2)c1ccc(C(=O)Nc2n[nH]c3ccc(Cc4cc(F)cc(F)c4)cc23)c(NC2CCOCC2)c1. The minimum absolute atomic E-state index is 0.137. The van der Waals surface area contributed by atoms with E-state index in [9.17, 15) is 23.8 Å². The number of hydrogen-bond acceptors (Lipinski definition) is 8. The van der Waals surface area contributed by atoms with Crippen LogP contribution in [0.5, 0.6) is 0 Å². The van der Waals surface area contributed by atoms with Gasteiger partial charge in [-0.25, -0.2) is 8.78 Å². The molecule has 2 aliphatic heterocycles. The van der Waals surface area contributed by atoms with E-state index in [0.29, 0.717) is 86.5 Å². The number of aromatic amines is 1. The lowest BCUT2D eigenvalue weighted by atomic mass is 9.70. The monoisotopic (exact) mass is 688 g/mol. The fourth-order valence-corrected chi connectivity index (χ4v) is 8.27. The highest BCUT2D eigenvalue weighted by Gasteiger charge is 2.59. The average molecular weight is 689 g/mol. The van der Waals surface area contributed by atoms with Crippen LogP contribution in [0, 0.1) is 17.0 Å². The number of rotatable bonds is 11. The van der Waals surface area contributed by atoms with Crippen molar-refractivity contribution in [3.05, 3.63) is 82.9 Å². The van der Waals surface area contributed by atoms with Crippen LogP contribution in [0.1, 0.15) is 66.9 Å². The van der Waals surface area contributed by atoms with E-state index in [4.69, 9.17) is 4.74 Å². The van der Waals surface area contributed by atoms with Crippen LogP contribution >= 0.6 is 0 Å². The summed E-state index contributed by atoms with van der Waals surface area (Å²) in [5.74, 6) is -1.23. The molecular weight excluding hydrogens is 642 g/mol. The number of nitrogens with one attached hydrogen (secondary N) is 4. The molecule has 7 rings (SSSR count). The molecule has 3 fully saturated rings. The van der Waals surface area contributed by atoms with Crippen LogP contribution in [-0.4, -0.2) is 83.5 Å². The summed E-state index contributed by atoms with van der Waals surface area (Å²) in [6.07, 6.45) is 3.91. The van der Waals surface area contributed by atoms with Crippen molar-refractivity contribution < 1.29 is 28.5 Å². The van der Waals surface area contributed by atoms with Crippen LogP contribution in [0.2, 0.25) is 0 Å². The van der Waals surface area contributed by atoms with Crippen LogP contribution in [0.4, 0.5) is 26.0 Å². The highest BCUT2D eigenvalue weighted by atomic mass is 19.1. The van der Waals surface area contributed by atoms with E-state index < -0.39 is 28.8 Å². The van der Waals surface area contributed by atoms with Gasteiger partial charge in [-0.15, -0.1) is 0 Å². The van der Waals surface area contributed by atoms with Crippen LogP contribution in [0.25, 0.3) is 10.9 Å². The highest BCUT2D eigenvalue weighted by molar-refractivity contribution is 6.11. The quantitative estimate of drug-likeness (QED) is 0.124. The summed E-state index contributed by atoms with van der Waals surface area (Å²) >= 11 is 0. The number of carbonyl (C=O) groups excluding carboxylic acids is 1. The van der Waals surface area contributed by atoms with Gasteiger partial charge < -0.3 is 35.8 Å². The molecule has 266 valence electrons. The van der Waals surface area contributed by atoms with E-state index in [2.05, 4.69) is 38.0 Å². The number of aliphatic hydroxyl groups excluding tert-OH is 1. The van der Waals surface area contributed by atoms with Gasteiger partial charge in [0.15, 0.2) is 5.82 Å². The van der Waals surface area contributed by atoms with E-state index in [-0.39, 0.29) is 11.9 Å². The van der Waals surface area contributed by atoms with E-state index in [1.54, 1.807) is 0 Å². The van der Waals surface area contributed by atoms with Crippen LogP contribution in [-0.2, 0) is 11.2 Å². The number of anilines is 3. The second-order valence-electron chi connectivity index (χ2n) is 14.1. The number of nitrogens with zero attached hydrogens (tertiary/aromatic N) is 2. The molecule has 3 aliphatic rings. The second kappa shape index (κ2) is 14.3. The molecule has 12 heteroatoms. The molecule has 3 heterocycles. The number of halogens is 2. The molecule has 1 amide bonds. The topological polar surface area (TPSA) is 135 Å². The first-order valence-corrected chi connectivity index (χ1v) is 17.7. The first-order chi connectivity index (χ1) is 24.2. The molecule has 10 nitrogen and oxygen atoms in total. The Balaban J connectivity index is 1.12. The average Bonchev–Trinajstić information content (AvgIpc) is 3.82. The number of H-pyrrole nitrogens is 1. The Bertz CT molecular complexity index is 1820. The fourth-order valence-electron chi connectivity index (χ4n) is 8.27. The summed E-state index contributed by atoms with van der Waals surface area (Å²) in [5, 5.41) is 40.7. The summed E-state index contributed by atoms with van der Waals surface area (Å²) in [4.78, 5) is 16.2.